The molecule has 0 amide bonds. The zero-order chi connectivity index (χ0) is 35.9. The molecule has 0 atom stereocenters. The Hall–Kier alpha value is -7.04. The highest BCUT2D eigenvalue weighted by molar-refractivity contribution is 6.15. The van der Waals surface area contributed by atoms with E-state index in [1.165, 1.54) is 43.8 Å². The molecule has 1 aliphatic carbocycles. The van der Waals surface area contributed by atoms with E-state index in [-0.39, 0.29) is 0 Å². The molecule has 252 valence electrons. The number of allylic oxidation sites excluding steroid dienone is 5. The van der Waals surface area contributed by atoms with Gasteiger partial charge in [-0.2, -0.15) is 0 Å². The van der Waals surface area contributed by atoms with Gasteiger partial charge < -0.3 is 14.7 Å². The first-order valence-electron chi connectivity index (χ1n) is 17.7. The van der Waals surface area contributed by atoms with Crippen molar-refractivity contribution < 1.29 is 4.74 Å². The number of nitrogens with zero attached hydrogens (tertiary/aromatic N) is 2. The summed E-state index contributed by atoms with van der Waals surface area (Å²) >= 11 is 0. The van der Waals surface area contributed by atoms with Crippen LogP contribution in [0.5, 0.6) is 11.5 Å². The van der Waals surface area contributed by atoms with Gasteiger partial charge in [0.05, 0.1) is 16.9 Å². The first-order valence-corrected chi connectivity index (χ1v) is 17.7. The summed E-state index contributed by atoms with van der Waals surface area (Å²) in [5, 5.41) is 13.1. The molecule has 0 bridgehead atoms. The molecule has 7 aromatic carbocycles. The molecule has 4 nitrogen and oxygen atoms in total. The van der Waals surface area contributed by atoms with Crippen LogP contribution in [0.25, 0.3) is 71.7 Å². The Labute approximate surface area is 308 Å². The van der Waals surface area contributed by atoms with Gasteiger partial charge in [0.2, 0.25) is 0 Å². The number of para-hydroxylation sites is 2. The van der Waals surface area contributed by atoms with Crippen LogP contribution in [-0.4, -0.2) is 17.0 Å². The second-order valence-corrected chi connectivity index (χ2v) is 13.2. The Morgan fingerprint density at radius 1 is 0.585 bits per heavy atom. The highest BCUT2D eigenvalue weighted by atomic mass is 16.5. The number of fused-ring (bicyclic) bond motifs is 10. The lowest BCUT2D eigenvalue weighted by Crippen LogP contribution is -2.01. The third-order valence-electron chi connectivity index (χ3n) is 10.2. The van der Waals surface area contributed by atoms with Gasteiger partial charge in [0.15, 0.2) is 5.75 Å². The fourth-order valence-corrected chi connectivity index (χ4v) is 7.70. The Balaban J connectivity index is 0.000000141. The minimum atomic E-state index is 0.452. The molecule has 53 heavy (non-hydrogen) atoms. The van der Waals surface area contributed by atoms with Crippen molar-refractivity contribution in [3.63, 3.8) is 0 Å². The quantitative estimate of drug-likeness (QED) is 0.185. The lowest BCUT2D eigenvalue weighted by molar-refractivity contribution is 0.491. The Morgan fingerprint density at radius 3 is 2.02 bits per heavy atom. The highest BCUT2D eigenvalue weighted by Crippen LogP contribution is 2.50. The van der Waals surface area contributed by atoms with Crippen molar-refractivity contribution in [2.24, 2.45) is 12.0 Å². The van der Waals surface area contributed by atoms with Crippen molar-refractivity contribution in [1.82, 2.24) is 4.57 Å². The molecule has 2 heterocycles. The van der Waals surface area contributed by atoms with Gasteiger partial charge in [-0.25, -0.2) is 0 Å². The molecular weight excluding hydrogens is 647 g/mol. The van der Waals surface area contributed by atoms with Crippen LogP contribution in [0.4, 0.5) is 0 Å². The molecule has 2 aliphatic rings. The van der Waals surface area contributed by atoms with Crippen molar-refractivity contribution in [2.45, 2.75) is 0 Å². The van der Waals surface area contributed by atoms with Crippen LogP contribution in [0.3, 0.4) is 0 Å². The Kier molecular flexibility index (Phi) is 7.98. The summed E-state index contributed by atoms with van der Waals surface area (Å²) in [6, 6.07) is 52.9. The molecule has 0 saturated carbocycles. The molecule has 4 heteroatoms. The summed E-state index contributed by atoms with van der Waals surface area (Å²) in [5.41, 5.74) is 12.4. The lowest BCUT2D eigenvalue weighted by atomic mass is 9.94. The van der Waals surface area contributed by atoms with E-state index in [9.17, 15) is 0 Å². The SMILES string of the molecule is C=N/C(=C1/C=CC=CC1=N)c1ccc(-c2cccc3ccccc23)cc1.Cn1c2ccccc2c2ccc3c(c21)Oc1ccccc1-c1ccccc1-3. The van der Waals surface area contributed by atoms with E-state index >= 15 is 0 Å². The van der Waals surface area contributed by atoms with Crippen molar-refractivity contribution in [2.75, 3.05) is 0 Å². The number of rotatable bonds is 3. The maximum atomic E-state index is 8.11. The Morgan fingerprint density at radius 2 is 1.23 bits per heavy atom. The number of hydrogen-bond acceptors (Lipinski definition) is 3. The predicted molar refractivity (Wildman–Crippen MR) is 223 cm³/mol. The summed E-state index contributed by atoms with van der Waals surface area (Å²) < 4.78 is 8.84. The van der Waals surface area contributed by atoms with E-state index in [1.807, 2.05) is 36.4 Å². The number of aromatic nitrogens is 1. The predicted octanol–water partition coefficient (Wildman–Crippen LogP) is 12.8. The smallest absolute Gasteiger partial charge is 0.159 e. The van der Waals surface area contributed by atoms with Crippen molar-refractivity contribution in [3.8, 4) is 44.9 Å². The average Bonchev–Trinajstić information content (AvgIpc) is 3.42. The van der Waals surface area contributed by atoms with Crippen molar-refractivity contribution >= 4 is 50.7 Å². The zero-order valence-corrected chi connectivity index (χ0v) is 29.3. The molecule has 1 aromatic heterocycles. The van der Waals surface area contributed by atoms with Crippen molar-refractivity contribution in [3.05, 3.63) is 187 Å². The standard InChI is InChI=1S/C25H17NO.C24H18N2/c1-26-22-12-6-4-10-18(22)20-14-15-21-17-9-3-2-8-16(17)19-11-5-7-13-23(19)27-25(21)24(20)26;1-26-24(22-10-4-5-12-23(22)25)19-15-13-18(14-16-19)21-11-6-8-17-7-2-3-9-20(17)21/h2-15H,1H3;2-16,25H,1H2/b;24-22-,25-23?. The van der Waals surface area contributed by atoms with Gasteiger partial charge in [-0.05, 0) is 64.0 Å². The van der Waals surface area contributed by atoms with Crippen LogP contribution >= 0.6 is 0 Å². The van der Waals surface area contributed by atoms with E-state index < -0.39 is 0 Å². The monoisotopic (exact) mass is 681 g/mol. The van der Waals surface area contributed by atoms with E-state index in [2.05, 4.69) is 157 Å². The molecule has 0 saturated heterocycles. The molecular formula is C49H35N3O. The molecule has 0 spiro atoms. The number of aryl methyl sites for hydroxylation is 1. The fraction of sp³-hybridized carbons (Fsp3) is 0.0204. The Bertz CT molecular complexity index is 2840. The maximum absolute atomic E-state index is 8.11. The van der Waals surface area contributed by atoms with Gasteiger partial charge >= 0.3 is 0 Å². The second kappa shape index (κ2) is 13.3. The first kappa shape index (κ1) is 31.9. The third kappa shape index (κ3) is 5.49. The normalized spacial score (nSPS) is 13.7. The van der Waals surface area contributed by atoms with Gasteiger partial charge in [0, 0.05) is 45.6 Å². The molecule has 0 fully saturated rings. The molecule has 0 radical (unpaired) electrons. The number of aliphatic imine (C=N–C) groups is 1. The van der Waals surface area contributed by atoms with Gasteiger partial charge in [-0.3, -0.25) is 4.99 Å². The summed E-state index contributed by atoms with van der Waals surface area (Å²) in [6.45, 7) is 3.71. The van der Waals surface area contributed by atoms with Crippen LogP contribution < -0.4 is 4.74 Å². The lowest BCUT2D eigenvalue weighted by Gasteiger charge is -2.12. The van der Waals surface area contributed by atoms with Gasteiger partial charge in [0.25, 0.3) is 0 Å². The van der Waals surface area contributed by atoms with Crippen LogP contribution in [0, 0.1) is 5.41 Å². The van der Waals surface area contributed by atoms with Gasteiger partial charge in [-0.1, -0.05) is 152 Å². The van der Waals surface area contributed by atoms with E-state index in [0.29, 0.717) is 5.71 Å². The molecule has 1 N–H and O–H groups in total. The van der Waals surface area contributed by atoms with E-state index in [4.69, 9.17) is 10.1 Å². The summed E-state index contributed by atoms with van der Waals surface area (Å²) in [7, 11) is 2.12. The summed E-state index contributed by atoms with van der Waals surface area (Å²) in [6.07, 6.45) is 7.45. The van der Waals surface area contributed by atoms with Crippen LogP contribution in [0.2, 0.25) is 0 Å². The maximum Gasteiger partial charge on any atom is 0.159 e. The topological polar surface area (TPSA) is 50.4 Å². The highest BCUT2D eigenvalue weighted by Gasteiger charge is 2.24. The van der Waals surface area contributed by atoms with E-state index in [0.717, 1.165) is 50.5 Å². The van der Waals surface area contributed by atoms with E-state index in [1.54, 1.807) is 6.08 Å². The fourth-order valence-electron chi connectivity index (χ4n) is 7.70. The average molecular weight is 682 g/mol. The van der Waals surface area contributed by atoms with Crippen LogP contribution in [-0.2, 0) is 7.05 Å². The molecule has 10 rings (SSSR count). The largest absolute Gasteiger partial charge is 0.454 e. The summed E-state index contributed by atoms with van der Waals surface area (Å²) in [4.78, 5) is 4.19. The molecule has 8 aromatic rings. The summed E-state index contributed by atoms with van der Waals surface area (Å²) in [5.74, 6) is 1.84. The first-order chi connectivity index (χ1) is 26.1. The zero-order valence-electron chi connectivity index (χ0n) is 29.3. The molecule has 0 unspecified atom stereocenters. The number of benzene rings is 7. The third-order valence-corrected chi connectivity index (χ3v) is 10.2. The number of nitrogens with one attached hydrogen (secondary N) is 1. The number of ether oxygens (including phenoxy) is 1. The van der Waals surface area contributed by atoms with Crippen molar-refractivity contribution in [1.29, 1.82) is 5.41 Å². The number of hydrogen-bond donors (Lipinski definition) is 1. The van der Waals surface area contributed by atoms with Crippen LogP contribution in [0.15, 0.2) is 187 Å². The molecule has 1 aliphatic heterocycles. The second-order valence-electron chi connectivity index (χ2n) is 13.2. The minimum absolute atomic E-state index is 0.452. The van der Waals surface area contributed by atoms with Crippen LogP contribution in [0.1, 0.15) is 5.56 Å². The van der Waals surface area contributed by atoms with Gasteiger partial charge in [-0.15, -0.1) is 0 Å². The van der Waals surface area contributed by atoms with Gasteiger partial charge in [0.1, 0.15) is 5.75 Å². The minimum Gasteiger partial charge on any atom is -0.454 e.